The summed E-state index contributed by atoms with van der Waals surface area (Å²) in [5.41, 5.74) is 14.8. The van der Waals surface area contributed by atoms with Gasteiger partial charge in [-0.1, -0.05) is 133 Å². The Morgan fingerprint density at radius 2 is 1.02 bits per heavy atom. The highest BCUT2D eigenvalue weighted by Crippen LogP contribution is 2.43. The number of ether oxygens (including phenoxy) is 1. The van der Waals surface area contributed by atoms with Gasteiger partial charge in [0.15, 0.2) is 0 Å². The lowest BCUT2D eigenvalue weighted by Gasteiger charge is -2.33. The van der Waals surface area contributed by atoms with Crippen LogP contribution in [-0.4, -0.2) is 11.5 Å². The molecule has 0 N–H and O–H groups in total. The van der Waals surface area contributed by atoms with E-state index < -0.39 is 0 Å². The minimum atomic E-state index is -0.303. The maximum absolute atomic E-state index is 6.89. The summed E-state index contributed by atoms with van der Waals surface area (Å²) in [6, 6.07) is 64.7. The number of aromatic nitrogens is 1. The van der Waals surface area contributed by atoms with Crippen LogP contribution in [0.2, 0.25) is 0 Å². The average Bonchev–Trinajstić information content (AvgIpc) is 3.55. The summed E-state index contributed by atoms with van der Waals surface area (Å²) in [6.45, 7) is -0.303. The lowest BCUT2D eigenvalue weighted by atomic mass is 9.50. The molecule has 0 unspecified atom stereocenters. The molecule has 8 aromatic carbocycles. The van der Waals surface area contributed by atoms with Gasteiger partial charge in [0, 0.05) is 32.9 Å². The highest BCUT2D eigenvalue weighted by atomic mass is 16.5. The lowest BCUT2D eigenvalue weighted by molar-refractivity contribution is 0.479. The van der Waals surface area contributed by atoms with Crippen LogP contribution in [0, 0.1) is 0 Å². The van der Waals surface area contributed by atoms with Gasteiger partial charge in [0.05, 0.1) is 11.0 Å². The van der Waals surface area contributed by atoms with Crippen molar-refractivity contribution in [3.8, 4) is 67.4 Å². The van der Waals surface area contributed by atoms with Crippen molar-refractivity contribution in [1.82, 2.24) is 4.57 Å². The first kappa shape index (κ1) is 29.0. The third-order valence-electron chi connectivity index (χ3n) is 10.7. The van der Waals surface area contributed by atoms with Crippen molar-refractivity contribution in [2.24, 2.45) is 0 Å². The molecule has 0 atom stereocenters. The Labute approximate surface area is 302 Å². The summed E-state index contributed by atoms with van der Waals surface area (Å²) in [5, 5.41) is 2.51. The Morgan fingerprint density at radius 1 is 0.385 bits per heavy atom. The molecule has 0 fully saturated rings. The Morgan fingerprint density at radius 3 is 1.81 bits per heavy atom. The number of fused-ring (bicyclic) bond motifs is 7. The summed E-state index contributed by atoms with van der Waals surface area (Å²) in [6.07, 6.45) is 0. The molecular formula is C48H30BNO2. The van der Waals surface area contributed by atoms with Crippen molar-refractivity contribution in [3.63, 3.8) is 0 Å². The second kappa shape index (κ2) is 11.4. The molecule has 0 saturated carbocycles. The van der Waals surface area contributed by atoms with Crippen molar-refractivity contribution < 1.29 is 9.39 Å². The number of benzene rings is 8. The lowest BCUT2D eigenvalue weighted by Crippen LogP contribution is -2.53. The number of rotatable bonds is 4. The van der Waals surface area contributed by atoms with Gasteiger partial charge in [-0.25, -0.2) is 0 Å². The van der Waals surface area contributed by atoms with Crippen molar-refractivity contribution >= 4 is 39.6 Å². The first-order valence-electron chi connectivity index (χ1n) is 17.8. The summed E-state index contributed by atoms with van der Waals surface area (Å²) >= 11 is 0. The van der Waals surface area contributed by atoms with Crippen molar-refractivity contribution in [2.45, 2.75) is 0 Å². The molecule has 3 heterocycles. The molecule has 2 aliphatic heterocycles. The number of nitrogens with zero attached hydrogens (tertiary/aromatic N) is 1. The molecule has 1 aromatic heterocycles. The van der Waals surface area contributed by atoms with Gasteiger partial charge in [-0.15, -0.1) is 0 Å². The van der Waals surface area contributed by atoms with E-state index in [0.29, 0.717) is 0 Å². The summed E-state index contributed by atoms with van der Waals surface area (Å²) in [4.78, 5) is 0. The molecule has 3 nitrogen and oxygen atoms in total. The van der Waals surface area contributed by atoms with Gasteiger partial charge in [0.1, 0.15) is 17.2 Å². The molecular weight excluding hydrogens is 633 g/mol. The van der Waals surface area contributed by atoms with E-state index in [9.17, 15) is 0 Å². The average molecular weight is 664 g/mol. The molecule has 0 saturated heterocycles. The largest absolute Gasteiger partial charge is 0.551 e. The minimum Gasteiger partial charge on any atom is -0.551 e. The normalized spacial score (nSPS) is 12.5. The third kappa shape index (κ3) is 4.41. The molecule has 0 amide bonds. The summed E-state index contributed by atoms with van der Waals surface area (Å²) in [5.74, 6) is 2.54. The van der Waals surface area contributed by atoms with E-state index in [1.54, 1.807) is 0 Å². The van der Waals surface area contributed by atoms with Crippen LogP contribution in [0.1, 0.15) is 0 Å². The molecule has 11 rings (SSSR count). The van der Waals surface area contributed by atoms with Crippen LogP contribution < -0.4 is 20.3 Å². The fraction of sp³-hybridized carbons (Fsp3) is 0. The Bertz CT molecular complexity index is 2820. The van der Waals surface area contributed by atoms with Crippen molar-refractivity contribution in [3.05, 3.63) is 182 Å². The molecule has 4 heteroatoms. The van der Waals surface area contributed by atoms with Gasteiger partial charge in [-0.05, 0) is 87.5 Å². The molecule has 2 aliphatic rings. The van der Waals surface area contributed by atoms with Gasteiger partial charge in [0.25, 0.3) is 0 Å². The predicted molar refractivity (Wildman–Crippen MR) is 215 cm³/mol. The fourth-order valence-corrected chi connectivity index (χ4v) is 8.33. The summed E-state index contributed by atoms with van der Waals surface area (Å²) < 4.78 is 16.1. The number of para-hydroxylation sites is 3. The Hall–Kier alpha value is -6.78. The highest BCUT2D eigenvalue weighted by Gasteiger charge is 2.41. The first-order chi connectivity index (χ1) is 25.8. The van der Waals surface area contributed by atoms with E-state index in [1.807, 2.05) is 0 Å². The van der Waals surface area contributed by atoms with Gasteiger partial charge in [0.2, 0.25) is 0 Å². The predicted octanol–water partition coefficient (Wildman–Crippen LogP) is 11.1. The molecule has 9 aromatic rings. The monoisotopic (exact) mass is 663 g/mol. The first-order valence-corrected chi connectivity index (χ1v) is 17.8. The maximum Gasteiger partial charge on any atom is 0.434 e. The SMILES string of the molecule is c1ccc(-c2ccccc2-c2cc3c4c(c2)-c2ccccc2OB4c2cc(-c4cccc(-n5c6ccccc6c6ccccc65)c4)ccc2O3)cc1. The zero-order chi connectivity index (χ0) is 34.2. The fourth-order valence-electron chi connectivity index (χ4n) is 8.33. The van der Waals surface area contributed by atoms with E-state index in [4.69, 9.17) is 9.39 Å². The van der Waals surface area contributed by atoms with Crippen molar-refractivity contribution in [2.75, 3.05) is 0 Å². The Balaban J connectivity index is 1.05. The third-order valence-corrected chi connectivity index (χ3v) is 10.7. The Kier molecular flexibility index (Phi) is 6.35. The second-order valence-corrected chi connectivity index (χ2v) is 13.6. The quantitative estimate of drug-likeness (QED) is 0.175. The van der Waals surface area contributed by atoms with Crippen LogP contribution in [-0.2, 0) is 0 Å². The van der Waals surface area contributed by atoms with E-state index in [2.05, 4.69) is 187 Å². The smallest absolute Gasteiger partial charge is 0.434 e. The maximum atomic E-state index is 6.89. The highest BCUT2D eigenvalue weighted by molar-refractivity contribution is 6.84. The van der Waals surface area contributed by atoms with E-state index >= 15 is 0 Å². The summed E-state index contributed by atoms with van der Waals surface area (Å²) in [7, 11) is 0. The van der Waals surface area contributed by atoms with Gasteiger partial charge < -0.3 is 14.0 Å². The second-order valence-electron chi connectivity index (χ2n) is 13.6. The zero-order valence-electron chi connectivity index (χ0n) is 28.2. The van der Waals surface area contributed by atoms with E-state index in [0.717, 1.165) is 61.7 Å². The van der Waals surface area contributed by atoms with E-state index in [1.165, 1.54) is 38.5 Å². The zero-order valence-corrected chi connectivity index (χ0v) is 28.2. The molecule has 242 valence electrons. The van der Waals surface area contributed by atoms with Gasteiger partial charge in [-0.2, -0.15) is 0 Å². The van der Waals surface area contributed by atoms with Crippen LogP contribution in [0.25, 0.3) is 72.0 Å². The van der Waals surface area contributed by atoms with Crippen LogP contribution in [0.4, 0.5) is 0 Å². The van der Waals surface area contributed by atoms with Gasteiger partial charge >= 0.3 is 6.92 Å². The molecule has 0 aliphatic carbocycles. The molecule has 52 heavy (non-hydrogen) atoms. The van der Waals surface area contributed by atoms with Crippen LogP contribution in [0.5, 0.6) is 17.2 Å². The molecule has 0 bridgehead atoms. The van der Waals surface area contributed by atoms with Crippen LogP contribution in [0.3, 0.4) is 0 Å². The number of hydrogen-bond acceptors (Lipinski definition) is 2. The topological polar surface area (TPSA) is 23.4 Å². The number of hydrogen-bond donors (Lipinski definition) is 0. The minimum absolute atomic E-state index is 0.303. The van der Waals surface area contributed by atoms with Gasteiger partial charge in [-0.3, -0.25) is 0 Å². The molecule has 0 radical (unpaired) electrons. The van der Waals surface area contributed by atoms with Crippen molar-refractivity contribution in [1.29, 1.82) is 0 Å². The molecule has 0 spiro atoms. The van der Waals surface area contributed by atoms with Crippen LogP contribution in [0.15, 0.2) is 182 Å². The standard InChI is InChI=1S/C48H30BNO2/c1-2-13-31(14-3-1)36-17-4-5-18-37(36)34-28-41-40-21-8-11-24-45(40)52-49-42-29-33(25-26-46(42)51-47(30-34)48(41)49)32-15-12-16-35(27-32)50-43-22-9-6-19-38(43)39-20-7-10-23-44(39)50/h1-30H. The van der Waals surface area contributed by atoms with E-state index in [-0.39, 0.29) is 6.92 Å². The van der Waals surface area contributed by atoms with Crippen LogP contribution >= 0.6 is 0 Å².